The Balaban J connectivity index is 2.28. The molecule has 1 aromatic carbocycles. The predicted octanol–water partition coefficient (Wildman–Crippen LogP) is 2.60. The molecular weight excluding hydrogens is 198 g/mol. The molecule has 0 aromatic heterocycles. The first-order valence-electron chi connectivity index (χ1n) is 6.05. The Morgan fingerprint density at radius 2 is 2.19 bits per heavy atom. The number of benzene rings is 1. The maximum absolute atomic E-state index is 5.49. The van der Waals surface area contributed by atoms with Crippen molar-refractivity contribution in [3.63, 3.8) is 0 Å². The quantitative estimate of drug-likeness (QED) is 0.843. The van der Waals surface area contributed by atoms with Crippen molar-refractivity contribution in [2.75, 3.05) is 20.3 Å². The third kappa shape index (κ3) is 2.13. The van der Waals surface area contributed by atoms with Gasteiger partial charge in [-0.1, -0.05) is 18.2 Å². The van der Waals surface area contributed by atoms with E-state index in [9.17, 15) is 0 Å². The van der Waals surface area contributed by atoms with Gasteiger partial charge in [-0.25, -0.2) is 0 Å². The Kier molecular flexibility index (Phi) is 3.62. The van der Waals surface area contributed by atoms with Crippen molar-refractivity contribution < 1.29 is 4.74 Å². The topological polar surface area (TPSA) is 21.3 Å². The molecule has 0 spiro atoms. The summed E-state index contributed by atoms with van der Waals surface area (Å²) >= 11 is 0. The molecule has 88 valence electrons. The van der Waals surface area contributed by atoms with Crippen LogP contribution in [0.4, 0.5) is 0 Å². The van der Waals surface area contributed by atoms with E-state index in [2.05, 4.69) is 37.4 Å². The Labute approximate surface area is 98.0 Å². The molecule has 1 saturated heterocycles. The Morgan fingerprint density at radius 1 is 1.38 bits per heavy atom. The lowest BCUT2D eigenvalue weighted by atomic mass is 9.88. The van der Waals surface area contributed by atoms with Gasteiger partial charge in [0.1, 0.15) is 0 Å². The zero-order valence-corrected chi connectivity index (χ0v) is 10.4. The maximum atomic E-state index is 5.49. The van der Waals surface area contributed by atoms with Crippen LogP contribution in [0.5, 0.6) is 0 Å². The Bertz CT molecular complexity index is 356. The highest BCUT2D eigenvalue weighted by Gasteiger charge is 2.26. The lowest BCUT2D eigenvalue weighted by Crippen LogP contribution is -2.26. The van der Waals surface area contributed by atoms with Crippen LogP contribution in [-0.4, -0.2) is 20.3 Å². The lowest BCUT2D eigenvalue weighted by molar-refractivity contribution is 0.177. The van der Waals surface area contributed by atoms with Crippen molar-refractivity contribution in [3.8, 4) is 0 Å². The summed E-state index contributed by atoms with van der Waals surface area (Å²) in [6.07, 6.45) is 1.17. The number of nitrogens with one attached hydrogen (secondary N) is 1. The highest BCUT2D eigenvalue weighted by atomic mass is 16.5. The molecule has 16 heavy (non-hydrogen) atoms. The molecule has 0 bridgehead atoms. The standard InChI is InChI=1S/C14H21NO/c1-10-5-4-6-13(11(10)2)14(15-3)12-7-8-16-9-12/h4-6,12,14-15H,7-9H2,1-3H3. The summed E-state index contributed by atoms with van der Waals surface area (Å²) in [4.78, 5) is 0. The summed E-state index contributed by atoms with van der Waals surface area (Å²) in [5, 5.41) is 3.45. The SMILES string of the molecule is CNC(c1cccc(C)c1C)C1CCOC1. The highest BCUT2D eigenvalue weighted by Crippen LogP contribution is 2.31. The fourth-order valence-electron chi connectivity index (χ4n) is 2.57. The number of hydrogen-bond donors (Lipinski definition) is 1. The molecule has 2 atom stereocenters. The van der Waals surface area contributed by atoms with Gasteiger partial charge in [-0.3, -0.25) is 0 Å². The van der Waals surface area contributed by atoms with Gasteiger partial charge >= 0.3 is 0 Å². The second-order valence-corrected chi connectivity index (χ2v) is 4.68. The van der Waals surface area contributed by atoms with E-state index in [-0.39, 0.29) is 0 Å². The second kappa shape index (κ2) is 4.98. The normalized spacial score (nSPS) is 22.3. The molecule has 2 rings (SSSR count). The molecule has 2 nitrogen and oxygen atoms in total. The van der Waals surface area contributed by atoms with Crippen LogP contribution in [-0.2, 0) is 4.74 Å². The van der Waals surface area contributed by atoms with E-state index in [4.69, 9.17) is 4.74 Å². The molecule has 1 N–H and O–H groups in total. The van der Waals surface area contributed by atoms with Gasteiger partial charge < -0.3 is 10.1 Å². The molecule has 0 radical (unpaired) electrons. The number of rotatable bonds is 3. The molecule has 1 fully saturated rings. The van der Waals surface area contributed by atoms with Crippen molar-refractivity contribution in [3.05, 3.63) is 34.9 Å². The largest absolute Gasteiger partial charge is 0.381 e. The summed E-state index contributed by atoms with van der Waals surface area (Å²) in [5.41, 5.74) is 4.21. The third-order valence-corrected chi connectivity index (χ3v) is 3.73. The van der Waals surface area contributed by atoms with Gasteiger partial charge in [-0.15, -0.1) is 0 Å². The van der Waals surface area contributed by atoms with Crippen LogP contribution in [0.15, 0.2) is 18.2 Å². The molecule has 1 aromatic rings. The van der Waals surface area contributed by atoms with E-state index in [1.807, 2.05) is 7.05 Å². The van der Waals surface area contributed by atoms with Gasteiger partial charge in [0.15, 0.2) is 0 Å². The van der Waals surface area contributed by atoms with Gasteiger partial charge in [-0.05, 0) is 44.0 Å². The summed E-state index contributed by atoms with van der Waals surface area (Å²) in [5.74, 6) is 0.616. The molecule has 0 saturated carbocycles. The van der Waals surface area contributed by atoms with Gasteiger partial charge in [0.2, 0.25) is 0 Å². The molecule has 0 amide bonds. The third-order valence-electron chi connectivity index (χ3n) is 3.73. The van der Waals surface area contributed by atoms with Crippen molar-refractivity contribution >= 4 is 0 Å². The van der Waals surface area contributed by atoms with Crippen LogP contribution in [0.3, 0.4) is 0 Å². The number of hydrogen-bond acceptors (Lipinski definition) is 2. The van der Waals surface area contributed by atoms with E-state index in [1.165, 1.54) is 23.1 Å². The van der Waals surface area contributed by atoms with Gasteiger partial charge in [0.25, 0.3) is 0 Å². The van der Waals surface area contributed by atoms with Crippen molar-refractivity contribution in [1.82, 2.24) is 5.32 Å². The van der Waals surface area contributed by atoms with Crippen LogP contribution in [0.25, 0.3) is 0 Å². The van der Waals surface area contributed by atoms with Crippen LogP contribution < -0.4 is 5.32 Å². The summed E-state index contributed by atoms with van der Waals surface area (Å²) in [6, 6.07) is 7.00. The highest BCUT2D eigenvalue weighted by molar-refractivity contribution is 5.35. The van der Waals surface area contributed by atoms with Crippen LogP contribution in [0.2, 0.25) is 0 Å². The van der Waals surface area contributed by atoms with E-state index >= 15 is 0 Å². The minimum absolute atomic E-state index is 0.433. The fourth-order valence-corrected chi connectivity index (χ4v) is 2.57. The van der Waals surface area contributed by atoms with Crippen molar-refractivity contribution in [1.29, 1.82) is 0 Å². The molecule has 1 heterocycles. The van der Waals surface area contributed by atoms with Crippen molar-refractivity contribution in [2.24, 2.45) is 5.92 Å². The first-order chi connectivity index (χ1) is 7.74. The molecular formula is C14H21NO. The average molecular weight is 219 g/mol. The van der Waals surface area contributed by atoms with Gasteiger partial charge in [-0.2, -0.15) is 0 Å². The fraction of sp³-hybridized carbons (Fsp3) is 0.571. The first-order valence-corrected chi connectivity index (χ1v) is 6.05. The number of ether oxygens (including phenoxy) is 1. The first kappa shape index (κ1) is 11.6. The minimum Gasteiger partial charge on any atom is -0.381 e. The van der Waals surface area contributed by atoms with Gasteiger partial charge in [0.05, 0.1) is 6.61 Å². The number of aryl methyl sites for hydroxylation is 1. The summed E-state index contributed by atoms with van der Waals surface area (Å²) in [7, 11) is 2.05. The molecule has 0 aliphatic carbocycles. The maximum Gasteiger partial charge on any atom is 0.0513 e. The Morgan fingerprint density at radius 3 is 2.81 bits per heavy atom. The van der Waals surface area contributed by atoms with Crippen LogP contribution in [0, 0.1) is 19.8 Å². The van der Waals surface area contributed by atoms with E-state index in [0.29, 0.717) is 12.0 Å². The minimum atomic E-state index is 0.433. The van der Waals surface area contributed by atoms with E-state index < -0.39 is 0 Å². The lowest BCUT2D eigenvalue weighted by Gasteiger charge is -2.24. The smallest absolute Gasteiger partial charge is 0.0513 e. The predicted molar refractivity (Wildman–Crippen MR) is 66.6 cm³/mol. The molecule has 2 heteroatoms. The second-order valence-electron chi connectivity index (χ2n) is 4.68. The monoisotopic (exact) mass is 219 g/mol. The zero-order chi connectivity index (χ0) is 11.5. The molecule has 2 unspecified atom stereocenters. The van der Waals surface area contributed by atoms with E-state index in [1.54, 1.807) is 0 Å². The van der Waals surface area contributed by atoms with Crippen LogP contribution in [0.1, 0.15) is 29.2 Å². The van der Waals surface area contributed by atoms with Crippen LogP contribution >= 0.6 is 0 Å². The molecule has 1 aliphatic heterocycles. The average Bonchev–Trinajstić information content (AvgIpc) is 2.79. The zero-order valence-electron chi connectivity index (χ0n) is 10.4. The molecule has 1 aliphatic rings. The summed E-state index contributed by atoms with van der Waals surface area (Å²) < 4.78 is 5.49. The van der Waals surface area contributed by atoms with Crippen molar-refractivity contribution in [2.45, 2.75) is 26.3 Å². The summed E-state index contributed by atoms with van der Waals surface area (Å²) in [6.45, 7) is 6.19. The van der Waals surface area contributed by atoms with Gasteiger partial charge in [0, 0.05) is 18.6 Å². The van der Waals surface area contributed by atoms with E-state index in [0.717, 1.165) is 13.2 Å². The Hall–Kier alpha value is -0.860.